The van der Waals surface area contributed by atoms with Gasteiger partial charge in [0.2, 0.25) is 0 Å². The van der Waals surface area contributed by atoms with Crippen molar-refractivity contribution in [2.45, 2.75) is 0 Å². The second kappa shape index (κ2) is 7.42. The molecule has 2 N–H and O–H groups in total. The second-order valence-corrected chi connectivity index (χ2v) is 6.87. The third-order valence-electron chi connectivity index (χ3n) is 4.12. The summed E-state index contributed by atoms with van der Waals surface area (Å²) < 4.78 is 5.28. The minimum atomic E-state index is 0.855. The summed E-state index contributed by atoms with van der Waals surface area (Å²) in [6, 6.07) is 28.8. The monoisotopic (exact) mass is 359 g/mol. The zero-order chi connectivity index (χ0) is 17.8. The standard InChI is InChI=1S/C22H18N2OS/c1-25-19-14-12-16(13-15-19)20-21(17-8-4-2-5-9-17)26-22(24-20)23-18-10-6-3-7-11-18/h2-15H,1H3,(H,23,24)/p+1. The fraction of sp³-hybridized carbons (Fsp3) is 0.0455. The number of ether oxygens (including phenoxy) is 1. The summed E-state index contributed by atoms with van der Waals surface area (Å²) >= 11 is 1.71. The molecule has 0 bridgehead atoms. The molecule has 0 saturated heterocycles. The highest BCUT2D eigenvalue weighted by Gasteiger charge is 2.19. The highest BCUT2D eigenvalue weighted by atomic mass is 32.1. The maximum absolute atomic E-state index is 5.28. The Balaban J connectivity index is 1.77. The summed E-state index contributed by atoms with van der Waals surface area (Å²) in [5.74, 6) is 0.855. The molecule has 0 amide bonds. The lowest BCUT2D eigenvalue weighted by atomic mass is 10.1. The van der Waals surface area contributed by atoms with Gasteiger partial charge in [-0.05, 0) is 53.3 Å². The third kappa shape index (κ3) is 3.46. The average Bonchev–Trinajstić information content (AvgIpc) is 3.13. The lowest BCUT2D eigenvalue weighted by molar-refractivity contribution is -0.340. The number of aromatic amines is 1. The molecule has 0 aliphatic rings. The lowest BCUT2D eigenvalue weighted by Crippen LogP contribution is -2.07. The van der Waals surface area contributed by atoms with Gasteiger partial charge in [0.1, 0.15) is 11.4 Å². The molecule has 3 aromatic carbocycles. The second-order valence-electron chi connectivity index (χ2n) is 5.85. The zero-order valence-electron chi connectivity index (χ0n) is 14.4. The Labute approximate surface area is 156 Å². The molecular weight excluding hydrogens is 340 g/mol. The van der Waals surface area contributed by atoms with Crippen LogP contribution in [0.15, 0.2) is 84.9 Å². The SMILES string of the molecule is COc1ccc(-c2[nH+]c(Nc3ccccc3)sc2-c2ccccc2)cc1. The van der Waals surface area contributed by atoms with Crippen molar-refractivity contribution in [2.24, 2.45) is 0 Å². The van der Waals surface area contributed by atoms with Crippen LogP contribution >= 0.6 is 11.3 Å². The normalized spacial score (nSPS) is 10.5. The molecule has 0 radical (unpaired) electrons. The van der Waals surface area contributed by atoms with Crippen molar-refractivity contribution in [1.29, 1.82) is 0 Å². The fourth-order valence-corrected chi connectivity index (χ4v) is 3.86. The van der Waals surface area contributed by atoms with Crippen LogP contribution in [0.1, 0.15) is 0 Å². The van der Waals surface area contributed by atoms with Crippen LogP contribution in [0.4, 0.5) is 10.8 Å². The number of hydrogen-bond acceptors (Lipinski definition) is 3. The Bertz CT molecular complexity index is 980. The van der Waals surface area contributed by atoms with Crippen molar-refractivity contribution in [3.8, 4) is 27.4 Å². The van der Waals surface area contributed by atoms with Crippen molar-refractivity contribution in [3.05, 3.63) is 84.9 Å². The number of methoxy groups -OCH3 is 1. The molecular formula is C22H19N2OS+. The Hall–Kier alpha value is -3.11. The van der Waals surface area contributed by atoms with Gasteiger partial charge >= 0.3 is 5.13 Å². The molecule has 0 aliphatic heterocycles. The number of para-hydroxylation sites is 1. The lowest BCUT2D eigenvalue weighted by Gasteiger charge is -2.02. The van der Waals surface area contributed by atoms with Gasteiger partial charge in [-0.15, -0.1) is 0 Å². The van der Waals surface area contributed by atoms with E-state index in [9.17, 15) is 0 Å². The van der Waals surface area contributed by atoms with E-state index < -0.39 is 0 Å². The van der Waals surface area contributed by atoms with Gasteiger partial charge in [-0.1, -0.05) is 48.5 Å². The molecule has 1 aromatic heterocycles. The van der Waals surface area contributed by atoms with E-state index >= 15 is 0 Å². The first-order valence-corrected chi connectivity index (χ1v) is 9.23. The van der Waals surface area contributed by atoms with Gasteiger partial charge in [0.05, 0.1) is 12.0 Å². The number of rotatable bonds is 5. The molecule has 26 heavy (non-hydrogen) atoms. The van der Waals surface area contributed by atoms with Crippen molar-refractivity contribution >= 4 is 22.2 Å². The van der Waals surface area contributed by atoms with E-state index in [1.54, 1.807) is 18.4 Å². The first kappa shape index (κ1) is 16.4. The molecule has 0 aliphatic carbocycles. The Kier molecular flexibility index (Phi) is 4.67. The summed E-state index contributed by atoms with van der Waals surface area (Å²) in [6.07, 6.45) is 0. The van der Waals surface area contributed by atoms with Crippen LogP contribution in [0.2, 0.25) is 0 Å². The molecule has 0 fully saturated rings. The third-order valence-corrected chi connectivity index (χ3v) is 5.17. The summed E-state index contributed by atoms with van der Waals surface area (Å²) in [6.45, 7) is 0. The van der Waals surface area contributed by atoms with Gasteiger partial charge in [-0.2, -0.15) is 0 Å². The number of thiazole rings is 1. The molecule has 4 rings (SSSR count). The van der Waals surface area contributed by atoms with Crippen LogP contribution in [0.5, 0.6) is 5.75 Å². The number of benzene rings is 3. The molecule has 0 saturated carbocycles. The smallest absolute Gasteiger partial charge is 0.337 e. The average molecular weight is 359 g/mol. The molecule has 4 heteroatoms. The maximum atomic E-state index is 5.28. The number of H-pyrrole nitrogens is 1. The fourth-order valence-electron chi connectivity index (χ4n) is 2.81. The quantitative estimate of drug-likeness (QED) is 0.500. The minimum Gasteiger partial charge on any atom is -0.497 e. The predicted molar refractivity (Wildman–Crippen MR) is 108 cm³/mol. The van der Waals surface area contributed by atoms with Crippen LogP contribution in [0, 0.1) is 0 Å². The molecule has 128 valence electrons. The molecule has 0 spiro atoms. The van der Waals surface area contributed by atoms with E-state index in [-0.39, 0.29) is 0 Å². The topological polar surface area (TPSA) is 35.4 Å². The number of nitrogens with one attached hydrogen (secondary N) is 2. The van der Waals surface area contributed by atoms with E-state index in [1.807, 2.05) is 36.4 Å². The van der Waals surface area contributed by atoms with Crippen LogP contribution in [-0.2, 0) is 0 Å². The van der Waals surface area contributed by atoms with Crippen LogP contribution < -0.4 is 15.0 Å². The van der Waals surface area contributed by atoms with Crippen LogP contribution in [-0.4, -0.2) is 7.11 Å². The van der Waals surface area contributed by atoms with E-state index in [2.05, 4.69) is 58.8 Å². The minimum absolute atomic E-state index is 0.855. The van der Waals surface area contributed by atoms with Crippen molar-refractivity contribution < 1.29 is 9.72 Å². The van der Waals surface area contributed by atoms with Gasteiger partial charge in [0.25, 0.3) is 0 Å². The van der Waals surface area contributed by atoms with E-state index in [4.69, 9.17) is 4.74 Å². The Morgan fingerprint density at radius 1 is 0.769 bits per heavy atom. The summed E-state index contributed by atoms with van der Waals surface area (Å²) in [7, 11) is 1.68. The van der Waals surface area contributed by atoms with Gasteiger partial charge < -0.3 is 4.74 Å². The molecule has 0 atom stereocenters. The number of aromatic nitrogens is 1. The first-order valence-electron chi connectivity index (χ1n) is 8.41. The molecule has 3 nitrogen and oxygen atoms in total. The van der Waals surface area contributed by atoms with E-state index in [0.29, 0.717) is 0 Å². The van der Waals surface area contributed by atoms with Crippen molar-refractivity contribution in [1.82, 2.24) is 0 Å². The number of hydrogen-bond donors (Lipinski definition) is 1. The van der Waals surface area contributed by atoms with Crippen molar-refractivity contribution in [2.75, 3.05) is 12.4 Å². The van der Waals surface area contributed by atoms with Gasteiger partial charge in [0, 0.05) is 5.56 Å². The van der Waals surface area contributed by atoms with Crippen molar-refractivity contribution in [3.63, 3.8) is 0 Å². The highest BCUT2D eigenvalue weighted by Crippen LogP contribution is 2.37. The summed E-state index contributed by atoms with van der Waals surface area (Å²) in [4.78, 5) is 4.75. The number of anilines is 2. The van der Waals surface area contributed by atoms with Gasteiger partial charge in [-0.3, -0.25) is 0 Å². The largest absolute Gasteiger partial charge is 0.497 e. The summed E-state index contributed by atoms with van der Waals surface area (Å²) in [5, 5.41) is 4.47. The first-order chi connectivity index (χ1) is 12.8. The predicted octanol–water partition coefficient (Wildman–Crippen LogP) is 5.65. The zero-order valence-corrected chi connectivity index (χ0v) is 15.2. The summed E-state index contributed by atoms with van der Waals surface area (Å²) in [5.41, 5.74) is 4.48. The highest BCUT2D eigenvalue weighted by molar-refractivity contribution is 7.19. The van der Waals surface area contributed by atoms with Gasteiger partial charge in [-0.25, -0.2) is 10.3 Å². The molecule has 4 aromatic rings. The molecule has 0 unspecified atom stereocenters. The van der Waals surface area contributed by atoms with Crippen LogP contribution in [0.3, 0.4) is 0 Å². The van der Waals surface area contributed by atoms with Gasteiger partial charge in [0.15, 0.2) is 5.69 Å². The van der Waals surface area contributed by atoms with E-state index in [1.165, 1.54) is 10.4 Å². The van der Waals surface area contributed by atoms with E-state index in [0.717, 1.165) is 27.8 Å². The Morgan fingerprint density at radius 2 is 1.42 bits per heavy atom. The molecule has 1 heterocycles. The van der Waals surface area contributed by atoms with Crippen LogP contribution in [0.25, 0.3) is 21.7 Å². The Morgan fingerprint density at radius 3 is 2.08 bits per heavy atom. The maximum Gasteiger partial charge on any atom is 0.337 e.